The zero-order valence-corrected chi connectivity index (χ0v) is 8.07. The molecule has 2 nitrogen and oxygen atoms in total. The Morgan fingerprint density at radius 1 is 1.29 bits per heavy atom. The van der Waals surface area contributed by atoms with E-state index >= 15 is 0 Å². The van der Waals surface area contributed by atoms with Crippen molar-refractivity contribution in [2.24, 2.45) is 0 Å². The standard InChI is InChI=1S/C9H16F3NO/c1-2-3-4-6-14-7-5-13-8-9(10,11)12/h2,13H,1,3-8H2. The molecule has 0 aliphatic rings. The number of unbranched alkanes of at least 4 members (excludes halogenated alkanes) is 1. The molecule has 0 aliphatic carbocycles. The molecule has 14 heavy (non-hydrogen) atoms. The third-order valence-electron chi connectivity index (χ3n) is 1.45. The van der Waals surface area contributed by atoms with Crippen LogP contribution in [0.3, 0.4) is 0 Å². The van der Waals surface area contributed by atoms with E-state index in [2.05, 4.69) is 11.9 Å². The fourth-order valence-electron chi connectivity index (χ4n) is 0.806. The highest BCUT2D eigenvalue weighted by molar-refractivity contribution is 4.65. The predicted octanol–water partition coefficient (Wildman–Crippen LogP) is 2.12. The van der Waals surface area contributed by atoms with E-state index in [1.54, 1.807) is 6.08 Å². The second-order valence-corrected chi connectivity index (χ2v) is 2.84. The Morgan fingerprint density at radius 3 is 2.57 bits per heavy atom. The molecule has 0 saturated carbocycles. The fourth-order valence-corrected chi connectivity index (χ4v) is 0.806. The molecule has 0 aliphatic heterocycles. The summed E-state index contributed by atoms with van der Waals surface area (Å²) in [7, 11) is 0. The maximum atomic E-state index is 11.6. The van der Waals surface area contributed by atoms with Gasteiger partial charge in [0.25, 0.3) is 0 Å². The molecule has 0 aromatic heterocycles. The number of allylic oxidation sites excluding steroid dienone is 1. The summed E-state index contributed by atoms with van der Waals surface area (Å²) in [5.74, 6) is 0. The molecule has 0 saturated heterocycles. The van der Waals surface area contributed by atoms with Gasteiger partial charge in [0.15, 0.2) is 0 Å². The number of halogens is 3. The average Bonchev–Trinajstić information content (AvgIpc) is 2.08. The Hall–Kier alpha value is -0.550. The van der Waals surface area contributed by atoms with E-state index in [0.29, 0.717) is 13.2 Å². The van der Waals surface area contributed by atoms with E-state index in [9.17, 15) is 13.2 Å². The van der Waals surface area contributed by atoms with Crippen LogP contribution in [-0.2, 0) is 4.74 Å². The molecule has 0 amide bonds. The molecular weight excluding hydrogens is 195 g/mol. The van der Waals surface area contributed by atoms with Gasteiger partial charge in [0.05, 0.1) is 13.2 Å². The summed E-state index contributed by atoms with van der Waals surface area (Å²) in [6.07, 6.45) is -0.618. The molecule has 0 aromatic rings. The highest BCUT2D eigenvalue weighted by Gasteiger charge is 2.25. The van der Waals surface area contributed by atoms with Gasteiger partial charge in [-0.25, -0.2) is 0 Å². The van der Waals surface area contributed by atoms with Crippen molar-refractivity contribution in [3.05, 3.63) is 12.7 Å². The highest BCUT2D eigenvalue weighted by atomic mass is 19.4. The van der Waals surface area contributed by atoms with Gasteiger partial charge >= 0.3 is 6.18 Å². The maximum Gasteiger partial charge on any atom is 0.401 e. The zero-order valence-electron chi connectivity index (χ0n) is 8.07. The van der Waals surface area contributed by atoms with Crippen molar-refractivity contribution in [2.75, 3.05) is 26.3 Å². The Balaban J connectivity index is 3.03. The summed E-state index contributed by atoms with van der Waals surface area (Å²) in [5.41, 5.74) is 0. The molecule has 0 bridgehead atoms. The van der Waals surface area contributed by atoms with Crippen molar-refractivity contribution in [2.45, 2.75) is 19.0 Å². The topological polar surface area (TPSA) is 21.3 Å². The van der Waals surface area contributed by atoms with Gasteiger partial charge in [-0.05, 0) is 12.8 Å². The first-order valence-electron chi connectivity index (χ1n) is 4.52. The predicted molar refractivity (Wildman–Crippen MR) is 49.2 cm³/mol. The zero-order chi connectivity index (χ0) is 10.9. The summed E-state index contributed by atoms with van der Waals surface area (Å²) in [5, 5.41) is 2.25. The van der Waals surface area contributed by atoms with Gasteiger partial charge in [0, 0.05) is 13.2 Å². The van der Waals surface area contributed by atoms with E-state index in [4.69, 9.17) is 4.74 Å². The molecule has 0 aromatic carbocycles. The SMILES string of the molecule is C=CCCCOCCNCC(F)(F)F. The summed E-state index contributed by atoms with van der Waals surface area (Å²) < 4.78 is 39.9. The van der Waals surface area contributed by atoms with Crippen LogP contribution in [0.2, 0.25) is 0 Å². The van der Waals surface area contributed by atoms with Gasteiger partial charge in [-0.1, -0.05) is 6.08 Å². The minimum absolute atomic E-state index is 0.230. The van der Waals surface area contributed by atoms with Gasteiger partial charge in [0.1, 0.15) is 0 Å². The molecule has 0 rings (SSSR count). The number of alkyl halides is 3. The second-order valence-electron chi connectivity index (χ2n) is 2.84. The molecule has 1 N–H and O–H groups in total. The quantitative estimate of drug-likeness (QED) is 0.490. The van der Waals surface area contributed by atoms with Crippen molar-refractivity contribution in [1.29, 1.82) is 0 Å². The fraction of sp³-hybridized carbons (Fsp3) is 0.778. The van der Waals surface area contributed by atoms with Gasteiger partial charge < -0.3 is 10.1 Å². The van der Waals surface area contributed by atoms with Crippen molar-refractivity contribution in [1.82, 2.24) is 5.32 Å². The summed E-state index contributed by atoms with van der Waals surface area (Å²) >= 11 is 0. The largest absolute Gasteiger partial charge is 0.401 e. The number of ether oxygens (including phenoxy) is 1. The Morgan fingerprint density at radius 2 is 2.00 bits per heavy atom. The lowest BCUT2D eigenvalue weighted by atomic mass is 10.3. The van der Waals surface area contributed by atoms with Gasteiger partial charge in [0.2, 0.25) is 0 Å². The lowest BCUT2D eigenvalue weighted by Gasteiger charge is -2.08. The number of hydrogen-bond acceptors (Lipinski definition) is 2. The normalized spacial score (nSPS) is 11.6. The average molecular weight is 211 g/mol. The monoisotopic (exact) mass is 211 g/mol. The lowest BCUT2D eigenvalue weighted by Crippen LogP contribution is -2.31. The van der Waals surface area contributed by atoms with Crippen molar-refractivity contribution >= 4 is 0 Å². The van der Waals surface area contributed by atoms with Gasteiger partial charge in [-0.2, -0.15) is 13.2 Å². The number of nitrogens with one attached hydrogen (secondary N) is 1. The van der Waals surface area contributed by atoms with E-state index < -0.39 is 12.7 Å². The molecular formula is C9H16F3NO. The molecule has 0 spiro atoms. The Labute approximate surface area is 82.1 Å². The summed E-state index contributed by atoms with van der Waals surface area (Å²) in [6.45, 7) is 3.70. The van der Waals surface area contributed by atoms with Crippen LogP contribution in [0.15, 0.2) is 12.7 Å². The molecule has 0 unspecified atom stereocenters. The van der Waals surface area contributed by atoms with Crippen LogP contribution in [0.4, 0.5) is 13.2 Å². The van der Waals surface area contributed by atoms with E-state index in [0.717, 1.165) is 12.8 Å². The van der Waals surface area contributed by atoms with Gasteiger partial charge in [-0.3, -0.25) is 0 Å². The lowest BCUT2D eigenvalue weighted by molar-refractivity contribution is -0.125. The molecule has 0 radical (unpaired) electrons. The highest BCUT2D eigenvalue weighted by Crippen LogP contribution is 2.11. The van der Waals surface area contributed by atoms with Crippen molar-refractivity contribution < 1.29 is 17.9 Å². The van der Waals surface area contributed by atoms with Crippen LogP contribution < -0.4 is 5.32 Å². The number of hydrogen-bond donors (Lipinski definition) is 1. The van der Waals surface area contributed by atoms with E-state index in [1.165, 1.54) is 0 Å². The smallest absolute Gasteiger partial charge is 0.380 e. The van der Waals surface area contributed by atoms with Crippen LogP contribution in [0.25, 0.3) is 0 Å². The summed E-state index contributed by atoms with van der Waals surface area (Å²) in [4.78, 5) is 0. The minimum Gasteiger partial charge on any atom is -0.380 e. The van der Waals surface area contributed by atoms with Crippen LogP contribution in [0, 0.1) is 0 Å². The third kappa shape index (κ3) is 11.4. The van der Waals surface area contributed by atoms with Crippen LogP contribution in [0.5, 0.6) is 0 Å². The van der Waals surface area contributed by atoms with Gasteiger partial charge in [-0.15, -0.1) is 6.58 Å². The van der Waals surface area contributed by atoms with Crippen LogP contribution in [0.1, 0.15) is 12.8 Å². The van der Waals surface area contributed by atoms with Crippen LogP contribution in [-0.4, -0.2) is 32.5 Å². The molecule has 0 atom stereocenters. The molecule has 5 heteroatoms. The first-order valence-corrected chi connectivity index (χ1v) is 4.52. The maximum absolute atomic E-state index is 11.6. The van der Waals surface area contributed by atoms with Crippen LogP contribution >= 0.6 is 0 Å². The second kappa shape index (κ2) is 7.82. The first-order chi connectivity index (χ1) is 6.56. The summed E-state index contributed by atoms with van der Waals surface area (Å²) in [6, 6.07) is 0. The third-order valence-corrected chi connectivity index (χ3v) is 1.45. The Kier molecular flexibility index (Phi) is 7.51. The minimum atomic E-state index is -4.14. The molecule has 84 valence electrons. The number of rotatable bonds is 8. The first kappa shape index (κ1) is 13.4. The Bertz CT molecular complexity index is 147. The molecule has 0 heterocycles. The molecule has 0 fully saturated rings. The van der Waals surface area contributed by atoms with Crippen molar-refractivity contribution in [3.8, 4) is 0 Å². The van der Waals surface area contributed by atoms with E-state index in [1.807, 2.05) is 0 Å². The van der Waals surface area contributed by atoms with Crippen molar-refractivity contribution in [3.63, 3.8) is 0 Å². The van der Waals surface area contributed by atoms with E-state index in [-0.39, 0.29) is 6.54 Å².